The second-order valence-electron chi connectivity index (χ2n) is 7.07. The first kappa shape index (κ1) is 24.3. The molecule has 0 aliphatic heterocycles. The van der Waals surface area contributed by atoms with Gasteiger partial charge in [-0.05, 0) is 55.3 Å². The molecule has 0 unspecified atom stereocenters. The summed E-state index contributed by atoms with van der Waals surface area (Å²) < 4.78 is 56.4. The second-order valence-corrected chi connectivity index (χ2v) is 7.07. The highest BCUT2D eigenvalue weighted by atomic mass is 19.4. The molecule has 0 bridgehead atoms. The molecule has 3 aromatic rings. The molecule has 1 aromatic heterocycles. The molecular formula is C23H19F3N4O4. The van der Waals surface area contributed by atoms with Crippen LogP contribution in [0.3, 0.4) is 0 Å². The first-order valence-electron chi connectivity index (χ1n) is 9.75. The molecule has 2 aromatic carbocycles. The monoisotopic (exact) mass is 472 g/mol. The van der Waals surface area contributed by atoms with Gasteiger partial charge in [0.05, 0.1) is 25.9 Å². The number of anilines is 1. The first-order valence-corrected chi connectivity index (χ1v) is 9.75. The molecule has 0 saturated heterocycles. The summed E-state index contributed by atoms with van der Waals surface area (Å²) in [5.74, 6) is -0.614. The van der Waals surface area contributed by atoms with E-state index in [9.17, 15) is 18.0 Å². The lowest BCUT2D eigenvalue weighted by atomic mass is 10.1. The maximum absolute atomic E-state index is 13.5. The van der Waals surface area contributed by atoms with E-state index in [0.29, 0.717) is 17.0 Å². The molecule has 0 atom stereocenters. The van der Waals surface area contributed by atoms with Crippen molar-refractivity contribution in [3.8, 4) is 29.2 Å². The lowest BCUT2D eigenvalue weighted by Gasteiger charge is -2.17. The van der Waals surface area contributed by atoms with Gasteiger partial charge in [-0.25, -0.2) is 0 Å². The number of aryl methyl sites for hydroxylation is 1. The minimum atomic E-state index is -4.84. The average molecular weight is 472 g/mol. The molecule has 3 rings (SSSR count). The number of nitrogens with one attached hydrogen (secondary N) is 1. The van der Waals surface area contributed by atoms with Crippen LogP contribution in [0.25, 0.3) is 0 Å². The van der Waals surface area contributed by atoms with Gasteiger partial charge in [-0.3, -0.25) is 4.79 Å². The maximum atomic E-state index is 13.5. The fourth-order valence-electron chi connectivity index (χ4n) is 3.18. The number of halogens is 3. The van der Waals surface area contributed by atoms with E-state index in [0.717, 1.165) is 6.92 Å². The van der Waals surface area contributed by atoms with E-state index in [4.69, 9.17) is 19.5 Å². The first-order chi connectivity index (χ1) is 16.1. The van der Waals surface area contributed by atoms with Crippen LogP contribution in [0.1, 0.15) is 32.7 Å². The minimum Gasteiger partial charge on any atom is -0.496 e. The Morgan fingerprint density at radius 2 is 1.68 bits per heavy atom. The number of amides is 1. The van der Waals surface area contributed by atoms with E-state index in [-0.39, 0.29) is 17.1 Å². The lowest BCUT2D eigenvalue weighted by Crippen LogP contribution is -2.21. The van der Waals surface area contributed by atoms with E-state index in [2.05, 4.69) is 15.5 Å². The van der Waals surface area contributed by atoms with Crippen molar-refractivity contribution in [1.29, 1.82) is 5.26 Å². The predicted molar refractivity (Wildman–Crippen MR) is 115 cm³/mol. The Morgan fingerprint density at radius 1 is 1.00 bits per heavy atom. The number of aromatic nitrogens is 2. The summed E-state index contributed by atoms with van der Waals surface area (Å²) in [6, 6.07) is 10.9. The van der Waals surface area contributed by atoms with Crippen LogP contribution in [-0.2, 0) is 6.18 Å². The van der Waals surface area contributed by atoms with Gasteiger partial charge >= 0.3 is 6.18 Å². The molecule has 0 radical (unpaired) electrons. The molecule has 0 aliphatic carbocycles. The van der Waals surface area contributed by atoms with Gasteiger partial charge in [0.15, 0.2) is 17.2 Å². The van der Waals surface area contributed by atoms with Crippen molar-refractivity contribution in [1.82, 2.24) is 10.2 Å². The average Bonchev–Trinajstić information content (AvgIpc) is 2.78. The van der Waals surface area contributed by atoms with Gasteiger partial charge in [0.1, 0.15) is 11.3 Å². The predicted octanol–water partition coefficient (Wildman–Crippen LogP) is 5.05. The van der Waals surface area contributed by atoms with Crippen molar-refractivity contribution >= 4 is 11.6 Å². The van der Waals surface area contributed by atoms with Crippen LogP contribution in [0.15, 0.2) is 36.4 Å². The second kappa shape index (κ2) is 9.66. The standard InChI is InChI=1S/C23H19F3N4O4/c1-12-9-15(6-8-16(12)32-3)28-21(31)19-13(2)20(23(24,25)26)29-30-22(19)34-17-7-5-14(11-27)10-18(17)33-4/h5-10H,1-4H3,(H,28,31). The van der Waals surface area contributed by atoms with Gasteiger partial charge < -0.3 is 19.5 Å². The minimum absolute atomic E-state index is 0.0318. The summed E-state index contributed by atoms with van der Waals surface area (Å²) in [4.78, 5) is 13.1. The molecule has 8 nitrogen and oxygen atoms in total. The van der Waals surface area contributed by atoms with Crippen LogP contribution in [0.5, 0.6) is 23.1 Å². The Hall–Kier alpha value is -4.33. The number of benzene rings is 2. The van der Waals surface area contributed by atoms with Gasteiger partial charge in [0, 0.05) is 11.8 Å². The number of alkyl halides is 3. The normalized spacial score (nSPS) is 10.9. The van der Waals surface area contributed by atoms with Crippen LogP contribution in [0, 0.1) is 25.2 Å². The number of carbonyl (C=O) groups is 1. The molecule has 176 valence electrons. The van der Waals surface area contributed by atoms with Gasteiger partial charge in [-0.2, -0.15) is 18.4 Å². The van der Waals surface area contributed by atoms with E-state index in [1.54, 1.807) is 25.1 Å². The van der Waals surface area contributed by atoms with Crippen molar-refractivity contribution < 1.29 is 32.2 Å². The molecule has 1 heterocycles. The highest BCUT2D eigenvalue weighted by molar-refractivity contribution is 6.07. The fourth-order valence-corrected chi connectivity index (χ4v) is 3.18. The maximum Gasteiger partial charge on any atom is 0.435 e. The lowest BCUT2D eigenvalue weighted by molar-refractivity contribution is -0.142. The molecule has 0 aliphatic rings. The zero-order valence-corrected chi connectivity index (χ0v) is 18.6. The third-order valence-corrected chi connectivity index (χ3v) is 4.83. The van der Waals surface area contributed by atoms with Crippen molar-refractivity contribution in [3.63, 3.8) is 0 Å². The van der Waals surface area contributed by atoms with Crippen molar-refractivity contribution in [2.45, 2.75) is 20.0 Å². The number of ether oxygens (including phenoxy) is 3. The van der Waals surface area contributed by atoms with E-state index in [1.165, 1.54) is 32.4 Å². The van der Waals surface area contributed by atoms with Crippen molar-refractivity contribution in [3.05, 3.63) is 64.3 Å². The fraction of sp³-hybridized carbons (Fsp3) is 0.217. The van der Waals surface area contributed by atoms with Crippen LogP contribution >= 0.6 is 0 Å². The number of nitrogens with zero attached hydrogens (tertiary/aromatic N) is 3. The number of hydrogen-bond acceptors (Lipinski definition) is 7. The molecule has 0 spiro atoms. The molecule has 34 heavy (non-hydrogen) atoms. The summed E-state index contributed by atoms with van der Waals surface area (Å²) in [5.41, 5.74) is -0.931. The quantitative estimate of drug-likeness (QED) is 0.535. The number of rotatable bonds is 6. The Morgan fingerprint density at radius 3 is 2.26 bits per heavy atom. The van der Waals surface area contributed by atoms with E-state index < -0.39 is 34.8 Å². The number of nitriles is 1. The van der Waals surface area contributed by atoms with Crippen LogP contribution in [0.4, 0.5) is 18.9 Å². The molecule has 0 fully saturated rings. The third kappa shape index (κ3) is 5.01. The van der Waals surface area contributed by atoms with Gasteiger partial charge in [-0.15, -0.1) is 10.2 Å². The summed E-state index contributed by atoms with van der Waals surface area (Å²) in [5, 5.41) is 18.4. The molecule has 11 heteroatoms. The zero-order chi connectivity index (χ0) is 25.0. The summed E-state index contributed by atoms with van der Waals surface area (Å²) >= 11 is 0. The topological polar surface area (TPSA) is 106 Å². The van der Waals surface area contributed by atoms with Gasteiger partial charge in [-0.1, -0.05) is 0 Å². The van der Waals surface area contributed by atoms with Crippen molar-refractivity contribution in [2.24, 2.45) is 0 Å². The molecular weight excluding hydrogens is 453 g/mol. The highest BCUT2D eigenvalue weighted by Crippen LogP contribution is 2.37. The van der Waals surface area contributed by atoms with Gasteiger partial charge in [0.2, 0.25) is 0 Å². The number of methoxy groups -OCH3 is 2. The Bertz CT molecular complexity index is 1290. The molecule has 0 saturated carbocycles. The Labute approximate surface area is 192 Å². The van der Waals surface area contributed by atoms with E-state index >= 15 is 0 Å². The van der Waals surface area contributed by atoms with E-state index in [1.807, 2.05) is 6.07 Å². The smallest absolute Gasteiger partial charge is 0.435 e. The van der Waals surface area contributed by atoms with Gasteiger partial charge in [0.25, 0.3) is 11.8 Å². The largest absolute Gasteiger partial charge is 0.496 e. The molecule has 1 amide bonds. The highest BCUT2D eigenvalue weighted by Gasteiger charge is 2.38. The van der Waals surface area contributed by atoms with Crippen molar-refractivity contribution in [2.75, 3.05) is 19.5 Å². The summed E-state index contributed by atoms with van der Waals surface area (Å²) in [6.07, 6.45) is -4.84. The summed E-state index contributed by atoms with van der Waals surface area (Å²) in [7, 11) is 2.82. The SMILES string of the molecule is COc1ccc(NC(=O)c2c(Oc3ccc(C#N)cc3OC)nnc(C(F)(F)F)c2C)cc1C. The zero-order valence-electron chi connectivity index (χ0n) is 18.6. The number of carbonyl (C=O) groups excluding carboxylic acids is 1. The summed E-state index contributed by atoms with van der Waals surface area (Å²) in [6.45, 7) is 2.86. The third-order valence-electron chi connectivity index (χ3n) is 4.83. The Kier molecular flexibility index (Phi) is 6.91. The van der Waals surface area contributed by atoms with Crippen LogP contribution in [-0.4, -0.2) is 30.3 Å². The molecule has 1 N–H and O–H groups in total. The Balaban J connectivity index is 2.08. The van der Waals surface area contributed by atoms with Crippen LogP contribution in [0.2, 0.25) is 0 Å². The number of hydrogen-bond donors (Lipinski definition) is 1. The van der Waals surface area contributed by atoms with Crippen LogP contribution < -0.4 is 19.5 Å².